The Morgan fingerprint density at radius 3 is 2.64 bits per heavy atom. The normalized spacial score (nSPS) is 19.4. The van der Waals surface area contributed by atoms with Crippen LogP contribution < -0.4 is 5.32 Å². The molecular formula is C22H31IN6O4. The summed E-state index contributed by atoms with van der Waals surface area (Å²) >= 11 is 0. The highest BCUT2D eigenvalue weighted by Gasteiger charge is 2.22. The lowest BCUT2D eigenvalue weighted by molar-refractivity contribution is -0.384. The van der Waals surface area contributed by atoms with E-state index in [4.69, 9.17) is 14.3 Å². The molecule has 1 aromatic carbocycles. The molecule has 1 atom stereocenters. The number of aliphatic imine (C=N–C) groups is 1. The van der Waals surface area contributed by atoms with Gasteiger partial charge in [0.25, 0.3) is 5.69 Å². The Hall–Kier alpha value is -2.25. The first-order chi connectivity index (χ1) is 15.6. The summed E-state index contributed by atoms with van der Waals surface area (Å²) in [5, 5.41) is 18.5. The Balaban J connectivity index is 0.00000306. The van der Waals surface area contributed by atoms with Gasteiger partial charge in [-0.15, -0.1) is 24.0 Å². The zero-order chi connectivity index (χ0) is 22.3. The van der Waals surface area contributed by atoms with Crippen molar-refractivity contribution in [2.45, 2.75) is 26.4 Å². The monoisotopic (exact) mass is 570 g/mol. The van der Waals surface area contributed by atoms with Crippen LogP contribution in [0.5, 0.6) is 0 Å². The van der Waals surface area contributed by atoms with Gasteiger partial charge in [0.05, 0.1) is 23.8 Å². The molecule has 0 radical (unpaired) electrons. The third-order valence-corrected chi connectivity index (χ3v) is 5.87. The maximum Gasteiger partial charge on any atom is 0.269 e. The molecule has 2 fully saturated rings. The number of nitrogens with one attached hydrogen (secondary N) is 1. The number of halogens is 1. The van der Waals surface area contributed by atoms with Crippen LogP contribution in [0.2, 0.25) is 0 Å². The Labute approximate surface area is 210 Å². The standard InChI is InChI=1S/C22H30N6O4.HI/c1-17-12-20(25-32-17)15-26-7-9-27(10-8-26)22(24-14-19-6-11-31-16-19)23-13-18-2-4-21(5-3-18)28(29)30;/h2-5,12,19H,6-11,13-16H2,1H3,(H,23,24);1H. The van der Waals surface area contributed by atoms with E-state index in [0.29, 0.717) is 12.5 Å². The van der Waals surface area contributed by atoms with Crippen LogP contribution in [0.1, 0.15) is 23.4 Å². The van der Waals surface area contributed by atoms with Crippen LogP contribution in [0.15, 0.2) is 39.8 Å². The SMILES string of the molecule is Cc1cc(CN2CCN(C(=NCc3ccc([N+](=O)[O-])cc3)NCC3CCOC3)CC2)no1.I. The Kier molecular flexibility index (Phi) is 9.44. The van der Waals surface area contributed by atoms with Crippen LogP contribution in [0.3, 0.4) is 0 Å². The van der Waals surface area contributed by atoms with Crippen molar-refractivity contribution in [2.75, 3.05) is 45.9 Å². The van der Waals surface area contributed by atoms with Gasteiger partial charge in [0.1, 0.15) is 5.76 Å². The lowest BCUT2D eigenvalue weighted by atomic mass is 10.1. The number of nitro benzene ring substituents is 1. The van der Waals surface area contributed by atoms with Gasteiger partial charge in [-0.05, 0) is 18.9 Å². The van der Waals surface area contributed by atoms with E-state index in [1.54, 1.807) is 12.1 Å². The first-order valence-electron chi connectivity index (χ1n) is 11.1. The second-order valence-electron chi connectivity index (χ2n) is 8.37. The molecule has 3 heterocycles. The number of benzene rings is 1. The number of non-ortho nitro benzene ring substituents is 1. The summed E-state index contributed by atoms with van der Waals surface area (Å²) in [5.41, 5.74) is 2.00. The molecule has 2 aliphatic heterocycles. The predicted molar refractivity (Wildman–Crippen MR) is 135 cm³/mol. The van der Waals surface area contributed by atoms with Gasteiger partial charge in [-0.3, -0.25) is 15.0 Å². The van der Waals surface area contributed by atoms with Crippen molar-refractivity contribution >= 4 is 35.6 Å². The Morgan fingerprint density at radius 1 is 1.27 bits per heavy atom. The molecule has 0 aliphatic carbocycles. The average molecular weight is 570 g/mol. The summed E-state index contributed by atoms with van der Waals surface area (Å²) in [5.74, 6) is 2.21. The second kappa shape index (κ2) is 12.3. The van der Waals surface area contributed by atoms with Crippen LogP contribution in [0, 0.1) is 23.0 Å². The molecule has 2 aromatic rings. The van der Waals surface area contributed by atoms with Crippen molar-refractivity contribution in [2.24, 2.45) is 10.9 Å². The van der Waals surface area contributed by atoms with E-state index in [2.05, 4.69) is 20.3 Å². The molecule has 1 unspecified atom stereocenters. The minimum atomic E-state index is -0.385. The highest BCUT2D eigenvalue weighted by molar-refractivity contribution is 14.0. The maximum absolute atomic E-state index is 10.9. The van der Waals surface area contributed by atoms with Crippen molar-refractivity contribution in [3.8, 4) is 0 Å². The van der Waals surface area contributed by atoms with Gasteiger partial charge in [0.2, 0.25) is 0 Å². The molecule has 1 N–H and O–H groups in total. The largest absolute Gasteiger partial charge is 0.381 e. The molecule has 11 heteroatoms. The number of hydrogen-bond acceptors (Lipinski definition) is 7. The first-order valence-corrected chi connectivity index (χ1v) is 11.1. The fraction of sp³-hybridized carbons (Fsp3) is 0.545. The van der Waals surface area contributed by atoms with Crippen molar-refractivity contribution < 1.29 is 14.2 Å². The summed E-state index contributed by atoms with van der Waals surface area (Å²) in [7, 11) is 0. The molecule has 0 saturated carbocycles. The van der Waals surface area contributed by atoms with Crippen LogP contribution >= 0.6 is 24.0 Å². The molecule has 2 saturated heterocycles. The Morgan fingerprint density at radius 2 is 2.03 bits per heavy atom. The number of ether oxygens (including phenoxy) is 1. The molecule has 0 spiro atoms. The molecule has 180 valence electrons. The quantitative estimate of drug-likeness (QED) is 0.178. The predicted octanol–water partition coefficient (Wildman–Crippen LogP) is 2.81. The molecular weight excluding hydrogens is 539 g/mol. The number of piperazine rings is 1. The summed E-state index contributed by atoms with van der Waals surface area (Å²) in [6.07, 6.45) is 1.06. The summed E-state index contributed by atoms with van der Waals surface area (Å²) < 4.78 is 10.7. The lowest BCUT2D eigenvalue weighted by Crippen LogP contribution is -2.52. The topological polar surface area (TPSA) is 109 Å². The van der Waals surface area contributed by atoms with Crippen molar-refractivity contribution in [3.05, 3.63) is 57.5 Å². The van der Waals surface area contributed by atoms with Gasteiger partial charge < -0.3 is 19.5 Å². The van der Waals surface area contributed by atoms with Gasteiger partial charge in [-0.1, -0.05) is 17.3 Å². The minimum Gasteiger partial charge on any atom is -0.381 e. The molecule has 2 aliphatic rings. The van der Waals surface area contributed by atoms with E-state index < -0.39 is 0 Å². The number of rotatable bonds is 7. The van der Waals surface area contributed by atoms with E-state index in [1.807, 2.05) is 13.0 Å². The summed E-state index contributed by atoms with van der Waals surface area (Å²) in [6.45, 7) is 9.16. The van der Waals surface area contributed by atoms with E-state index in [0.717, 1.165) is 81.9 Å². The van der Waals surface area contributed by atoms with Crippen LogP contribution in [-0.4, -0.2) is 71.8 Å². The van der Waals surface area contributed by atoms with Crippen molar-refractivity contribution in [1.29, 1.82) is 0 Å². The number of nitro groups is 1. The fourth-order valence-electron chi connectivity index (χ4n) is 3.98. The smallest absolute Gasteiger partial charge is 0.269 e. The minimum absolute atomic E-state index is 0. The first kappa shape index (κ1) is 25.4. The van der Waals surface area contributed by atoms with Crippen LogP contribution in [0.4, 0.5) is 5.69 Å². The van der Waals surface area contributed by atoms with Gasteiger partial charge in [-0.25, -0.2) is 4.99 Å². The van der Waals surface area contributed by atoms with Gasteiger partial charge in [-0.2, -0.15) is 0 Å². The van der Waals surface area contributed by atoms with Gasteiger partial charge >= 0.3 is 0 Å². The van der Waals surface area contributed by atoms with Gasteiger partial charge in [0, 0.05) is 70.0 Å². The highest BCUT2D eigenvalue weighted by Crippen LogP contribution is 2.15. The average Bonchev–Trinajstić information content (AvgIpc) is 3.46. The van der Waals surface area contributed by atoms with Crippen molar-refractivity contribution in [1.82, 2.24) is 20.3 Å². The number of nitrogens with zero attached hydrogens (tertiary/aromatic N) is 5. The molecule has 10 nitrogen and oxygen atoms in total. The molecule has 0 bridgehead atoms. The number of aryl methyl sites for hydroxylation is 1. The van der Waals surface area contributed by atoms with Crippen molar-refractivity contribution in [3.63, 3.8) is 0 Å². The Bertz CT molecular complexity index is 921. The molecule has 33 heavy (non-hydrogen) atoms. The fourth-order valence-corrected chi connectivity index (χ4v) is 3.98. The van der Waals surface area contributed by atoms with E-state index in [9.17, 15) is 10.1 Å². The zero-order valence-corrected chi connectivity index (χ0v) is 21.1. The summed E-state index contributed by atoms with van der Waals surface area (Å²) in [6, 6.07) is 8.56. The summed E-state index contributed by atoms with van der Waals surface area (Å²) in [4.78, 5) is 20.0. The zero-order valence-electron chi connectivity index (χ0n) is 18.8. The highest BCUT2D eigenvalue weighted by atomic mass is 127. The van der Waals surface area contributed by atoms with Crippen LogP contribution in [0.25, 0.3) is 0 Å². The van der Waals surface area contributed by atoms with E-state index >= 15 is 0 Å². The second-order valence-corrected chi connectivity index (χ2v) is 8.37. The van der Waals surface area contributed by atoms with Gasteiger partial charge in [0.15, 0.2) is 5.96 Å². The third-order valence-electron chi connectivity index (χ3n) is 5.87. The van der Waals surface area contributed by atoms with E-state index in [-0.39, 0.29) is 34.6 Å². The lowest BCUT2D eigenvalue weighted by Gasteiger charge is -2.36. The number of aromatic nitrogens is 1. The maximum atomic E-state index is 10.9. The molecule has 1 aromatic heterocycles. The van der Waals surface area contributed by atoms with E-state index in [1.165, 1.54) is 12.1 Å². The number of hydrogen-bond donors (Lipinski definition) is 1. The number of guanidine groups is 1. The molecule has 0 amide bonds. The third kappa shape index (κ3) is 7.37. The molecule has 4 rings (SSSR count). The van der Waals surface area contributed by atoms with Crippen LogP contribution in [-0.2, 0) is 17.8 Å².